The molecule has 0 saturated heterocycles. The average Bonchev–Trinajstić information content (AvgIpc) is 1.87. The van der Waals surface area contributed by atoms with Crippen molar-refractivity contribution in [2.75, 3.05) is 13.3 Å². The van der Waals surface area contributed by atoms with Gasteiger partial charge in [-0.3, -0.25) is 0 Å². The second-order valence-electron chi connectivity index (χ2n) is 1.54. The first-order valence-corrected chi connectivity index (χ1v) is 2.99. The Hall–Kier alpha value is -1.46. The first-order chi connectivity index (χ1) is 5.16. The second-order valence-corrected chi connectivity index (χ2v) is 1.54. The van der Waals surface area contributed by atoms with Crippen LogP contribution in [0.2, 0.25) is 0 Å². The fraction of sp³-hybridized carbons (Fsp3) is 0.600. The molecule has 0 rings (SSSR count). The number of hydrogen-bond acceptors (Lipinski definition) is 4. The highest BCUT2D eigenvalue weighted by Crippen LogP contribution is 1.79. The Morgan fingerprint density at radius 2 is 2.09 bits per heavy atom. The molecule has 0 radical (unpaired) electrons. The zero-order valence-electron chi connectivity index (χ0n) is 6.12. The lowest BCUT2D eigenvalue weighted by molar-refractivity contribution is 0.0287. The molecule has 0 aliphatic carbocycles. The van der Waals surface area contributed by atoms with Crippen molar-refractivity contribution in [1.82, 2.24) is 5.32 Å². The molecule has 3 N–H and O–H groups in total. The molecule has 0 aliphatic rings. The number of rotatable bonds is 3. The van der Waals surface area contributed by atoms with E-state index in [2.05, 4.69) is 20.5 Å². The smallest absolute Gasteiger partial charge is 0.410 e. The molecule has 6 nitrogen and oxygen atoms in total. The number of ether oxygens (including phenoxy) is 2. The lowest BCUT2D eigenvalue weighted by Crippen LogP contribution is -2.26. The van der Waals surface area contributed by atoms with E-state index in [1.807, 2.05) is 0 Å². The van der Waals surface area contributed by atoms with Crippen LogP contribution >= 0.6 is 0 Å². The van der Waals surface area contributed by atoms with Gasteiger partial charge in [0.05, 0.1) is 0 Å². The maximum Gasteiger partial charge on any atom is 0.410 e. The van der Waals surface area contributed by atoms with E-state index in [4.69, 9.17) is 0 Å². The standard InChI is InChI=1S/C5H10N2O4/c1-2-7-5(9)11-3-10-4(6)8/h2-3H2,1H3,(H2,6,8)(H,7,9). The van der Waals surface area contributed by atoms with Crippen LogP contribution in [0.3, 0.4) is 0 Å². The van der Waals surface area contributed by atoms with E-state index in [0.717, 1.165) is 0 Å². The van der Waals surface area contributed by atoms with Gasteiger partial charge >= 0.3 is 12.2 Å². The summed E-state index contributed by atoms with van der Waals surface area (Å²) in [6.45, 7) is 1.73. The Balaban J connectivity index is 3.24. The van der Waals surface area contributed by atoms with E-state index in [9.17, 15) is 9.59 Å². The Bertz CT molecular complexity index is 147. The van der Waals surface area contributed by atoms with E-state index in [1.54, 1.807) is 6.92 Å². The number of amides is 2. The zero-order chi connectivity index (χ0) is 8.69. The Kier molecular flexibility index (Phi) is 4.63. The van der Waals surface area contributed by atoms with Crippen LogP contribution in [0.4, 0.5) is 9.59 Å². The van der Waals surface area contributed by atoms with Gasteiger partial charge in [0, 0.05) is 6.54 Å². The third-order valence-corrected chi connectivity index (χ3v) is 0.712. The molecule has 6 heteroatoms. The van der Waals surface area contributed by atoms with Crippen LogP contribution in [-0.2, 0) is 9.47 Å². The number of alkyl carbamates (subject to hydrolysis) is 1. The molecule has 2 amide bonds. The minimum absolute atomic E-state index is 0.454. The number of carbonyl (C=O) groups is 2. The van der Waals surface area contributed by atoms with Crippen molar-refractivity contribution in [3.63, 3.8) is 0 Å². The first-order valence-electron chi connectivity index (χ1n) is 2.99. The van der Waals surface area contributed by atoms with Crippen molar-refractivity contribution in [1.29, 1.82) is 0 Å². The molecule has 11 heavy (non-hydrogen) atoms. The zero-order valence-corrected chi connectivity index (χ0v) is 6.12. The molecule has 0 saturated carbocycles. The van der Waals surface area contributed by atoms with Gasteiger partial charge in [0.2, 0.25) is 6.79 Å². The molecule has 0 aromatic heterocycles. The minimum atomic E-state index is -0.978. The van der Waals surface area contributed by atoms with Crippen LogP contribution in [0.5, 0.6) is 0 Å². The third kappa shape index (κ3) is 6.42. The molecule has 0 aromatic carbocycles. The lowest BCUT2D eigenvalue weighted by atomic mass is 10.8. The normalized spacial score (nSPS) is 8.45. The lowest BCUT2D eigenvalue weighted by Gasteiger charge is -2.03. The quantitative estimate of drug-likeness (QED) is 0.561. The van der Waals surface area contributed by atoms with Gasteiger partial charge in [-0.05, 0) is 6.92 Å². The fourth-order valence-electron chi connectivity index (χ4n) is 0.336. The number of primary amides is 1. The van der Waals surface area contributed by atoms with Gasteiger partial charge in [0.25, 0.3) is 0 Å². The summed E-state index contributed by atoms with van der Waals surface area (Å²) in [6.07, 6.45) is -1.62. The molecule has 0 unspecified atom stereocenters. The monoisotopic (exact) mass is 162 g/mol. The summed E-state index contributed by atoms with van der Waals surface area (Å²) in [7, 11) is 0. The third-order valence-electron chi connectivity index (χ3n) is 0.712. The number of nitrogens with two attached hydrogens (primary N) is 1. The summed E-state index contributed by atoms with van der Waals surface area (Å²) in [5.74, 6) is 0. The van der Waals surface area contributed by atoms with Gasteiger partial charge < -0.3 is 20.5 Å². The predicted molar refractivity (Wildman–Crippen MR) is 35.7 cm³/mol. The van der Waals surface area contributed by atoms with Crippen LogP contribution in [0, 0.1) is 0 Å². The molecule has 0 fully saturated rings. The van der Waals surface area contributed by atoms with Crippen LogP contribution in [-0.4, -0.2) is 25.5 Å². The van der Waals surface area contributed by atoms with Gasteiger partial charge in [-0.2, -0.15) is 0 Å². The van der Waals surface area contributed by atoms with Gasteiger partial charge in [-0.1, -0.05) is 0 Å². The van der Waals surface area contributed by atoms with Crippen LogP contribution in [0.25, 0.3) is 0 Å². The van der Waals surface area contributed by atoms with Gasteiger partial charge in [0.1, 0.15) is 0 Å². The molecular formula is C5H10N2O4. The highest BCUT2D eigenvalue weighted by atomic mass is 16.7. The van der Waals surface area contributed by atoms with E-state index < -0.39 is 19.0 Å². The van der Waals surface area contributed by atoms with Crippen molar-refractivity contribution >= 4 is 12.2 Å². The van der Waals surface area contributed by atoms with Crippen molar-refractivity contribution in [3.8, 4) is 0 Å². The second kappa shape index (κ2) is 5.33. The molecule has 64 valence electrons. The minimum Gasteiger partial charge on any atom is -0.412 e. The molecule has 0 atom stereocenters. The summed E-state index contributed by atoms with van der Waals surface area (Å²) in [5.41, 5.74) is 4.58. The number of carbonyl (C=O) groups excluding carboxylic acids is 2. The van der Waals surface area contributed by atoms with Gasteiger partial charge in [-0.15, -0.1) is 0 Å². The van der Waals surface area contributed by atoms with Crippen molar-refractivity contribution in [2.45, 2.75) is 6.92 Å². The Morgan fingerprint density at radius 3 is 2.55 bits per heavy atom. The van der Waals surface area contributed by atoms with Crippen molar-refractivity contribution in [3.05, 3.63) is 0 Å². The summed E-state index contributed by atoms with van der Waals surface area (Å²) >= 11 is 0. The fourth-order valence-corrected chi connectivity index (χ4v) is 0.336. The summed E-state index contributed by atoms with van der Waals surface area (Å²) < 4.78 is 8.43. The van der Waals surface area contributed by atoms with Gasteiger partial charge in [-0.25, -0.2) is 9.59 Å². The number of hydrogen-bond donors (Lipinski definition) is 2. The SMILES string of the molecule is CCNC(=O)OCOC(N)=O. The molecule has 0 aliphatic heterocycles. The van der Waals surface area contributed by atoms with Crippen LogP contribution in [0.15, 0.2) is 0 Å². The number of nitrogens with one attached hydrogen (secondary N) is 1. The van der Waals surface area contributed by atoms with Crippen molar-refractivity contribution in [2.24, 2.45) is 5.73 Å². The summed E-state index contributed by atoms with van der Waals surface area (Å²) in [5, 5.41) is 2.33. The predicted octanol–water partition coefficient (Wildman–Crippen LogP) is -0.215. The summed E-state index contributed by atoms with van der Waals surface area (Å²) in [6, 6.07) is 0. The maximum absolute atomic E-state index is 10.5. The van der Waals surface area contributed by atoms with E-state index in [0.29, 0.717) is 6.54 Å². The van der Waals surface area contributed by atoms with Crippen molar-refractivity contribution < 1.29 is 19.1 Å². The first kappa shape index (κ1) is 9.54. The topological polar surface area (TPSA) is 90.7 Å². The van der Waals surface area contributed by atoms with E-state index in [1.165, 1.54) is 0 Å². The maximum atomic E-state index is 10.5. The molecular weight excluding hydrogens is 152 g/mol. The van der Waals surface area contributed by atoms with E-state index in [-0.39, 0.29) is 0 Å². The largest absolute Gasteiger partial charge is 0.412 e. The Labute approximate surface area is 63.6 Å². The highest BCUT2D eigenvalue weighted by molar-refractivity contribution is 5.67. The molecule has 0 spiro atoms. The van der Waals surface area contributed by atoms with E-state index >= 15 is 0 Å². The molecule has 0 aromatic rings. The van der Waals surface area contributed by atoms with Crippen LogP contribution in [0.1, 0.15) is 6.92 Å². The summed E-state index contributed by atoms with van der Waals surface area (Å²) in [4.78, 5) is 20.4. The highest BCUT2D eigenvalue weighted by Gasteiger charge is 1.99. The Morgan fingerprint density at radius 1 is 1.45 bits per heavy atom. The molecule has 0 bridgehead atoms. The van der Waals surface area contributed by atoms with Gasteiger partial charge in [0.15, 0.2) is 0 Å². The molecule has 0 heterocycles. The van der Waals surface area contributed by atoms with Crippen LogP contribution < -0.4 is 11.1 Å². The average molecular weight is 162 g/mol.